The summed E-state index contributed by atoms with van der Waals surface area (Å²) in [6, 6.07) is 15.0. The minimum atomic E-state index is 0.134. The molecule has 0 aliphatic heterocycles. The summed E-state index contributed by atoms with van der Waals surface area (Å²) >= 11 is 0. The summed E-state index contributed by atoms with van der Waals surface area (Å²) in [5.74, 6) is 0.134. The van der Waals surface area contributed by atoms with Crippen LogP contribution >= 0.6 is 0 Å². The Kier molecular flexibility index (Phi) is 4.67. The molecule has 3 rings (SSSR count). The van der Waals surface area contributed by atoms with E-state index in [-0.39, 0.29) is 5.91 Å². The van der Waals surface area contributed by atoms with Crippen molar-refractivity contribution < 1.29 is 4.79 Å². The molecule has 2 atom stereocenters. The zero-order valence-electron chi connectivity index (χ0n) is 14.3. The maximum Gasteiger partial charge on any atom is 0.253 e. The molecule has 0 N–H and O–H groups in total. The number of hydrogen-bond acceptors (Lipinski definition) is 2. The highest BCUT2D eigenvalue weighted by Gasteiger charge is 2.32. The molecule has 1 aliphatic carbocycles. The third kappa shape index (κ3) is 3.25. The molecule has 0 spiro atoms. The van der Waals surface area contributed by atoms with E-state index in [1.807, 2.05) is 42.3 Å². The molecule has 1 aliphatic rings. The monoisotopic (exact) mass is 310 g/mol. The minimum absolute atomic E-state index is 0.134. The van der Waals surface area contributed by atoms with Gasteiger partial charge < -0.3 is 9.80 Å². The van der Waals surface area contributed by atoms with Crippen LogP contribution in [0, 0.1) is 0 Å². The number of carbonyl (C=O) groups excluding carboxylic acids is 1. The molecular formula is C20H26N2O. The third-order valence-electron chi connectivity index (χ3n) is 5.17. The van der Waals surface area contributed by atoms with Crippen LogP contribution in [0.25, 0.3) is 10.8 Å². The van der Waals surface area contributed by atoms with Gasteiger partial charge in [0.25, 0.3) is 5.91 Å². The van der Waals surface area contributed by atoms with Crippen LogP contribution in [0.3, 0.4) is 0 Å². The molecule has 1 fully saturated rings. The number of benzene rings is 2. The minimum Gasteiger partial charge on any atom is -0.337 e. The van der Waals surface area contributed by atoms with Gasteiger partial charge in [-0.25, -0.2) is 0 Å². The summed E-state index contributed by atoms with van der Waals surface area (Å²) in [7, 11) is 6.21. The quantitative estimate of drug-likeness (QED) is 0.861. The predicted octanol–water partition coefficient (Wildman–Crippen LogP) is 3.78. The van der Waals surface area contributed by atoms with Crippen LogP contribution in [0.1, 0.15) is 36.0 Å². The molecule has 0 bridgehead atoms. The first-order valence-corrected chi connectivity index (χ1v) is 8.50. The summed E-state index contributed by atoms with van der Waals surface area (Å²) in [5, 5.41) is 2.30. The lowest BCUT2D eigenvalue weighted by atomic mass is 9.88. The Bertz CT molecular complexity index is 695. The van der Waals surface area contributed by atoms with Gasteiger partial charge in [0.15, 0.2) is 0 Å². The van der Waals surface area contributed by atoms with Gasteiger partial charge >= 0.3 is 0 Å². The third-order valence-corrected chi connectivity index (χ3v) is 5.17. The van der Waals surface area contributed by atoms with Crippen LogP contribution in [0.5, 0.6) is 0 Å². The largest absolute Gasteiger partial charge is 0.337 e. The lowest BCUT2D eigenvalue weighted by Crippen LogP contribution is -2.51. The van der Waals surface area contributed by atoms with E-state index in [0.717, 1.165) is 17.4 Å². The van der Waals surface area contributed by atoms with Gasteiger partial charge in [0.05, 0.1) is 0 Å². The van der Waals surface area contributed by atoms with E-state index in [9.17, 15) is 4.79 Å². The Balaban J connectivity index is 1.85. The second-order valence-corrected chi connectivity index (χ2v) is 6.86. The molecule has 0 heterocycles. The van der Waals surface area contributed by atoms with Crippen molar-refractivity contribution in [3.05, 3.63) is 48.0 Å². The summed E-state index contributed by atoms with van der Waals surface area (Å²) in [5.41, 5.74) is 0.786. The van der Waals surface area contributed by atoms with Crippen molar-refractivity contribution in [3.63, 3.8) is 0 Å². The van der Waals surface area contributed by atoms with Crippen molar-refractivity contribution in [2.24, 2.45) is 0 Å². The van der Waals surface area contributed by atoms with Gasteiger partial charge in [-0.05, 0) is 49.8 Å². The average molecular weight is 310 g/mol. The SMILES string of the molecule is CN(C)[C@@H]1CCCC[C@H]1N(C)C(=O)c1ccc2ccccc2c1. The maximum absolute atomic E-state index is 13.0. The van der Waals surface area contributed by atoms with Gasteiger partial charge in [-0.3, -0.25) is 4.79 Å². The van der Waals surface area contributed by atoms with Gasteiger partial charge in [-0.2, -0.15) is 0 Å². The second-order valence-electron chi connectivity index (χ2n) is 6.86. The Labute approximate surface area is 138 Å². The van der Waals surface area contributed by atoms with E-state index in [1.165, 1.54) is 24.6 Å². The van der Waals surface area contributed by atoms with Gasteiger partial charge in [0.1, 0.15) is 0 Å². The van der Waals surface area contributed by atoms with E-state index >= 15 is 0 Å². The fourth-order valence-corrected chi connectivity index (χ4v) is 3.82. The molecule has 0 saturated heterocycles. The number of carbonyl (C=O) groups is 1. The molecule has 3 heteroatoms. The predicted molar refractivity (Wildman–Crippen MR) is 95.8 cm³/mol. The van der Waals surface area contributed by atoms with Gasteiger partial charge in [0, 0.05) is 24.7 Å². The Morgan fingerprint density at radius 1 is 0.913 bits per heavy atom. The fourth-order valence-electron chi connectivity index (χ4n) is 3.82. The average Bonchev–Trinajstić information content (AvgIpc) is 2.60. The first kappa shape index (κ1) is 16.0. The highest BCUT2D eigenvalue weighted by molar-refractivity contribution is 5.98. The molecule has 2 aromatic rings. The summed E-state index contributed by atoms with van der Waals surface area (Å²) < 4.78 is 0. The van der Waals surface area contributed by atoms with E-state index in [4.69, 9.17) is 0 Å². The summed E-state index contributed by atoms with van der Waals surface area (Å²) in [4.78, 5) is 17.2. The van der Waals surface area contributed by atoms with Crippen molar-refractivity contribution in [1.29, 1.82) is 0 Å². The summed E-state index contributed by atoms with van der Waals surface area (Å²) in [6.45, 7) is 0. The van der Waals surface area contributed by atoms with Crippen LogP contribution in [0.15, 0.2) is 42.5 Å². The van der Waals surface area contributed by atoms with Crippen LogP contribution < -0.4 is 0 Å². The number of likely N-dealkylation sites (N-methyl/N-ethyl adjacent to an activating group) is 2. The Hall–Kier alpha value is -1.87. The van der Waals surface area contributed by atoms with Crippen molar-refractivity contribution in [1.82, 2.24) is 9.80 Å². The molecule has 3 nitrogen and oxygen atoms in total. The summed E-state index contributed by atoms with van der Waals surface area (Å²) in [6.07, 6.45) is 4.74. The zero-order valence-corrected chi connectivity index (χ0v) is 14.3. The molecule has 1 amide bonds. The molecule has 0 radical (unpaired) electrons. The van der Waals surface area contributed by atoms with Gasteiger partial charge in [-0.1, -0.05) is 43.2 Å². The molecule has 1 saturated carbocycles. The lowest BCUT2D eigenvalue weighted by Gasteiger charge is -2.41. The number of hydrogen-bond donors (Lipinski definition) is 0. The van der Waals surface area contributed by atoms with Crippen LogP contribution in [-0.2, 0) is 0 Å². The zero-order chi connectivity index (χ0) is 16.4. The van der Waals surface area contributed by atoms with Crippen molar-refractivity contribution in [2.75, 3.05) is 21.1 Å². The van der Waals surface area contributed by atoms with Crippen LogP contribution in [0.2, 0.25) is 0 Å². The molecule has 2 aromatic carbocycles. The highest BCUT2D eigenvalue weighted by atomic mass is 16.2. The van der Waals surface area contributed by atoms with Crippen molar-refractivity contribution >= 4 is 16.7 Å². The van der Waals surface area contributed by atoms with E-state index in [2.05, 4.69) is 31.1 Å². The molecule has 122 valence electrons. The molecule has 0 unspecified atom stereocenters. The second kappa shape index (κ2) is 6.71. The van der Waals surface area contributed by atoms with Crippen LogP contribution in [-0.4, -0.2) is 48.9 Å². The first-order chi connectivity index (χ1) is 11.1. The van der Waals surface area contributed by atoms with E-state index in [1.54, 1.807) is 0 Å². The number of nitrogens with zero attached hydrogens (tertiary/aromatic N) is 2. The van der Waals surface area contributed by atoms with Gasteiger partial charge in [-0.15, -0.1) is 0 Å². The molecular weight excluding hydrogens is 284 g/mol. The maximum atomic E-state index is 13.0. The number of amides is 1. The normalized spacial score (nSPS) is 21.6. The van der Waals surface area contributed by atoms with Gasteiger partial charge in [0.2, 0.25) is 0 Å². The standard InChI is InChI=1S/C20H26N2O/c1-21(2)18-10-6-7-11-19(18)22(3)20(23)17-13-12-15-8-4-5-9-16(15)14-17/h4-5,8-9,12-14,18-19H,6-7,10-11H2,1-3H3/t18-,19-/m1/s1. The Morgan fingerprint density at radius 3 is 2.26 bits per heavy atom. The van der Waals surface area contributed by atoms with E-state index < -0.39 is 0 Å². The number of rotatable bonds is 3. The Morgan fingerprint density at radius 2 is 1.57 bits per heavy atom. The van der Waals surface area contributed by atoms with Crippen LogP contribution in [0.4, 0.5) is 0 Å². The van der Waals surface area contributed by atoms with Crippen molar-refractivity contribution in [2.45, 2.75) is 37.8 Å². The fraction of sp³-hybridized carbons (Fsp3) is 0.450. The molecule has 23 heavy (non-hydrogen) atoms. The highest BCUT2D eigenvalue weighted by Crippen LogP contribution is 2.27. The van der Waals surface area contributed by atoms with Crippen molar-refractivity contribution in [3.8, 4) is 0 Å². The smallest absolute Gasteiger partial charge is 0.253 e. The first-order valence-electron chi connectivity index (χ1n) is 8.50. The lowest BCUT2D eigenvalue weighted by molar-refractivity contribution is 0.0545. The number of fused-ring (bicyclic) bond motifs is 1. The van der Waals surface area contributed by atoms with E-state index in [0.29, 0.717) is 12.1 Å². The topological polar surface area (TPSA) is 23.6 Å². The molecule has 0 aromatic heterocycles.